The van der Waals surface area contributed by atoms with Gasteiger partial charge in [0.05, 0.1) is 5.02 Å². The minimum Gasteiger partial charge on any atom is -0.374 e. The van der Waals surface area contributed by atoms with E-state index >= 15 is 0 Å². The number of oxime groups is 1. The number of benzene rings is 1. The number of carbonyl (C=O) groups is 1. The zero-order chi connectivity index (χ0) is 22.6. The fraction of sp³-hybridized carbons (Fsp3) is 0.143. The molecule has 164 valence electrons. The van der Waals surface area contributed by atoms with Gasteiger partial charge in [-0.1, -0.05) is 45.0 Å². The SMILES string of the molecule is Nc1nnc(SCc2nonc2C(=NOC(=O)C(F)(F)F)Nc2ccc(F)c(Cl)c2)s1. The Morgan fingerprint density at radius 3 is 2.77 bits per heavy atom. The molecule has 0 aliphatic rings. The molecule has 3 N–H and O–H groups in total. The van der Waals surface area contributed by atoms with Crippen molar-refractivity contribution in [3.63, 3.8) is 0 Å². The number of rotatable bonds is 6. The summed E-state index contributed by atoms with van der Waals surface area (Å²) in [5, 5.41) is 20.3. The lowest BCUT2D eigenvalue weighted by atomic mass is 10.2. The smallest absolute Gasteiger partial charge is 0.374 e. The second-order valence-electron chi connectivity index (χ2n) is 5.32. The summed E-state index contributed by atoms with van der Waals surface area (Å²) in [7, 11) is 0. The number of amidine groups is 1. The van der Waals surface area contributed by atoms with Crippen LogP contribution in [-0.4, -0.2) is 38.5 Å². The third kappa shape index (κ3) is 6.02. The normalized spacial score (nSPS) is 12.1. The quantitative estimate of drug-likeness (QED) is 0.130. The summed E-state index contributed by atoms with van der Waals surface area (Å²) < 4.78 is 55.9. The van der Waals surface area contributed by atoms with Gasteiger partial charge >= 0.3 is 12.1 Å². The van der Waals surface area contributed by atoms with Crippen molar-refractivity contribution in [1.29, 1.82) is 0 Å². The van der Waals surface area contributed by atoms with Gasteiger partial charge in [0.15, 0.2) is 10.0 Å². The number of anilines is 2. The third-order valence-electron chi connectivity index (χ3n) is 3.17. The van der Waals surface area contributed by atoms with Gasteiger partial charge in [-0.2, -0.15) is 13.2 Å². The van der Waals surface area contributed by atoms with E-state index in [4.69, 9.17) is 17.3 Å². The molecule has 0 bridgehead atoms. The molecule has 0 unspecified atom stereocenters. The molecule has 0 saturated carbocycles. The summed E-state index contributed by atoms with van der Waals surface area (Å²) >= 11 is 7.93. The van der Waals surface area contributed by atoms with Gasteiger partial charge in [0.2, 0.25) is 11.0 Å². The molecule has 3 aromatic rings. The minimum atomic E-state index is -5.29. The number of thioether (sulfide) groups is 1. The Hall–Kier alpha value is -2.98. The van der Waals surface area contributed by atoms with Crippen molar-refractivity contribution in [2.45, 2.75) is 16.3 Å². The molecular weight excluding hydrogens is 490 g/mol. The van der Waals surface area contributed by atoms with Gasteiger partial charge in [-0.25, -0.2) is 13.8 Å². The van der Waals surface area contributed by atoms with E-state index in [2.05, 4.69) is 40.4 Å². The van der Waals surface area contributed by atoms with Gasteiger partial charge in [-0.15, -0.1) is 10.2 Å². The number of alkyl halides is 3. The highest BCUT2D eigenvalue weighted by Crippen LogP contribution is 2.28. The number of nitrogens with two attached hydrogens (primary N) is 1. The Bertz CT molecular complexity index is 1120. The van der Waals surface area contributed by atoms with Crippen molar-refractivity contribution in [3.05, 3.63) is 40.4 Å². The molecular formula is C14H8ClF4N7O3S2. The summed E-state index contributed by atoms with van der Waals surface area (Å²) in [4.78, 5) is 15.0. The van der Waals surface area contributed by atoms with E-state index in [1.54, 1.807) is 0 Å². The van der Waals surface area contributed by atoms with Crippen LogP contribution < -0.4 is 11.1 Å². The second kappa shape index (κ2) is 9.44. The molecule has 2 aromatic heterocycles. The Kier molecular flexibility index (Phi) is 6.91. The highest BCUT2D eigenvalue weighted by Gasteiger charge is 2.42. The molecule has 17 heteroatoms. The number of nitrogen functional groups attached to an aromatic ring is 1. The Morgan fingerprint density at radius 2 is 2.13 bits per heavy atom. The summed E-state index contributed by atoms with van der Waals surface area (Å²) in [5.74, 6) is -3.70. The predicted molar refractivity (Wildman–Crippen MR) is 102 cm³/mol. The van der Waals surface area contributed by atoms with E-state index in [9.17, 15) is 22.4 Å². The van der Waals surface area contributed by atoms with Crippen LogP contribution in [0.2, 0.25) is 5.02 Å². The van der Waals surface area contributed by atoms with Crippen LogP contribution in [0.5, 0.6) is 0 Å². The van der Waals surface area contributed by atoms with Gasteiger partial charge in [0.1, 0.15) is 11.5 Å². The van der Waals surface area contributed by atoms with E-state index in [1.807, 2.05) is 0 Å². The average Bonchev–Trinajstić information content (AvgIpc) is 3.33. The molecule has 0 aliphatic carbocycles. The van der Waals surface area contributed by atoms with Crippen LogP contribution in [0.15, 0.2) is 32.3 Å². The summed E-state index contributed by atoms with van der Waals surface area (Å²) in [5.41, 5.74) is 5.53. The topological polar surface area (TPSA) is 141 Å². The molecule has 10 nitrogen and oxygen atoms in total. The van der Waals surface area contributed by atoms with Crippen LogP contribution in [0.4, 0.5) is 28.4 Å². The lowest BCUT2D eigenvalue weighted by Crippen LogP contribution is -2.25. The van der Waals surface area contributed by atoms with E-state index < -0.39 is 23.8 Å². The third-order valence-corrected chi connectivity index (χ3v) is 5.36. The zero-order valence-electron chi connectivity index (χ0n) is 14.7. The first-order valence-electron chi connectivity index (χ1n) is 7.75. The molecule has 0 amide bonds. The van der Waals surface area contributed by atoms with Gasteiger partial charge in [-0.05, 0) is 23.4 Å². The van der Waals surface area contributed by atoms with Crippen molar-refractivity contribution < 1.29 is 31.8 Å². The lowest BCUT2D eigenvalue weighted by Gasteiger charge is -2.09. The first-order chi connectivity index (χ1) is 14.6. The maximum absolute atomic E-state index is 13.4. The van der Waals surface area contributed by atoms with Crippen LogP contribution in [0.1, 0.15) is 11.4 Å². The number of hydrogen-bond acceptors (Lipinski definition) is 11. The van der Waals surface area contributed by atoms with Gasteiger partial charge in [0.25, 0.3) is 0 Å². The zero-order valence-corrected chi connectivity index (χ0v) is 17.1. The average molecular weight is 498 g/mol. The van der Waals surface area contributed by atoms with Crippen LogP contribution in [0.3, 0.4) is 0 Å². The Balaban J connectivity index is 1.87. The monoisotopic (exact) mass is 497 g/mol. The van der Waals surface area contributed by atoms with E-state index in [0.29, 0.717) is 4.34 Å². The standard InChI is InChI=1S/C14H8ClF4N7O3S2/c15-6-3-5(1-2-7(6)16)21-10(26-28-11(27)14(17,18)19)9-8(24-29-25-9)4-30-13-23-22-12(20)31-13/h1-3H,4H2,(H2,20,22)(H,21,26). The van der Waals surface area contributed by atoms with Crippen LogP contribution in [-0.2, 0) is 15.4 Å². The van der Waals surface area contributed by atoms with E-state index in [-0.39, 0.29) is 33.0 Å². The summed E-state index contributed by atoms with van der Waals surface area (Å²) in [6.45, 7) is 0. The predicted octanol–water partition coefficient (Wildman–Crippen LogP) is 3.47. The molecule has 0 atom stereocenters. The van der Waals surface area contributed by atoms with E-state index in [1.165, 1.54) is 6.07 Å². The molecule has 0 spiro atoms. The maximum atomic E-state index is 13.4. The lowest BCUT2D eigenvalue weighted by molar-refractivity contribution is -0.199. The number of carbonyl (C=O) groups excluding carboxylic acids is 1. The fourth-order valence-electron chi connectivity index (χ4n) is 1.86. The van der Waals surface area contributed by atoms with Crippen molar-refractivity contribution in [3.8, 4) is 0 Å². The molecule has 0 aliphatic heterocycles. The molecule has 2 heterocycles. The van der Waals surface area contributed by atoms with Crippen LogP contribution in [0.25, 0.3) is 0 Å². The molecule has 3 rings (SSSR count). The van der Waals surface area contributed by atoms with Crippen LogP contribution >= 0.6 is 34.7 Å². The molecule has 1 aromatic carbocycles. The van der Waals surface area contributed by atoms with E-state index in [0.717, 1.165) is 35.2 Å². The second-order valence-corrected chi connectivity index (χ2v) is 7.96. The fourth-order valence-corrected chi connectivity index (χ4v) is 3.60. The minimum absolute atomic E-state index is 0.0750. The molecule has 31 heavy (non-hydrogen) atoms. The first kappa shape index (κ1) is 22.7. The number of nitrogens with zero attached hydrogens (tertiary/aromatic N) is 5. The number of halogens is 5. The number of aromatic nitrogens is 4. The van der Waals surface area contributed by atoms with Crippen molar-refractivity contribution in [2.75, 3.05) is 11.1 Å². The Morgan fingerprint density at radius 1 is 1.35 bits per heavy atom. The highest BCUT2D eigenvalue weighted by atomic mass is 35.5. The van der Waals surface area contributed by atoms with Crippen molar-refractivity contribution in [1.82, 2.24) is 20.5 Å². The van der Waals surface area contributed by atoms with Gasteiger partial charge in [-0.3, -0.25) is 0 Å². The largest absolute Gasteiger partial charge is 0.493 e. The van der Waals surface area contributed by atoms with Crippen molar-refractivity contribution >= 4 is 57.3 Å². The Labute approximate surface area is 182 Å². The molecule has 0 fully saturated rings. The molecule has 0 saturated heterocycles. The summed E-state index contributed by atoms with van der Waals surface area (Å²) in [6, 6.07) is 3.35. The highest BCUT2D eigenvalue weighted by molar-refractivity contribution is 8.00. The number of nitrogens with one attached hydrogen (secondary N) is 1. The summed E-state index contributed by atoms with van der Waals surface area (Å²) in [6.07, 6.45) is -5.29. The van der Waals surface area contributed by atoms with Crippen molar-refractivity contribution in [2.24, 2.45) is 5.16 Å². The maximum Gasteiger partial charge on any atom is 0.493 e. The number of hydrogen-bond donors (Lipinski definition) is 2. The molecule has 0 radical (unpaired) electrons. The first-order valence-corrected chi connectivity index (χ1v) is 9.93. The van der Waals surface area contributed by atoms with Gasteiger partial charge in [0, 0.05) is 11.4 Å². The van der Waals surface area contributed by atoms with Crippen LogP contribution in [0, 0.1) is 5.82 Å². The van der Waals surface area contributed by atoms with Gasteiger partial charge < -0.3 is 15.9 Å².